The van der Waals surface area contributed by atoms with Crippen LogP contribution in [0.1, 0.15) is 28.9 Å². The van der Waals surface area contributed by atoms with Crippen LogP contribution in [-0.2, 0) is 0 Å². The minimum Gasteiger partial charge on any atom is -0.350 e. The Kier molecular flexibility index (Phi) is 3.65. The van der Waals surface area contributed by atoms with Crippen molar-refractivity contribution in [3.05, 3.63) is 41.6 Å². The molecule has 1 unspecified atom stereocenters. The molecule has 1 aromatic heterocycles. The molecule has 104 valence electrons. The van der Waals surface area contributed by atoms with Crippen molar-refractivity contribution in [2.24, 2.45) is 0 Å². The molecule has 1 fully saturated rings. The molecule has 1 amide bonds. The summed E-state index contributed by atoms with van der Waals surface area (Å²) in [7, 11) is 0. The Bertz CT molecular complexity index is 633. The predicted molar refractivity (Wildman–Crippen MR) is 79.8 cm³/mol. The monoisotopic (exact) mass is 269 g/mol. The second-order valence-electron chi connectivity index (χ2n) is 5.33. The lowest BCUT2D eigenvalue weighted by Gasteiger charge is -2.12. The molecule has 4 heteroatoms. The Morgan fingerprint density at radius 3 is 3.10 bits per heavy atom. The second-order valence-corrected chi connectivity index (χ2v) is 5.33. The minimum atomic E-state index is -0.0394. The highest BCUT2D eigenvalue weighted by molar-refractivity contribution is 6.05. The van der Waals surface area contributed by atoms with E-state index in [-0.39, 0.29) is 5.91 Å². The van der Waals surface area contributed by atoms with Gasteiger partial charge in [0.1, 0.15) is 0 Å². The molecule has 0 radical (unpaired) electrons. The van der Waals surface area contributed by atoms with Gasteiger partial charge < -0.3 is 10.6 Å². The van der Waals surface area contributed by atoms with Crippen LogP contribution in [0, 0.1) is 6.92 Å². The minimum absolute atomic E-state index is 0.0394. The quantitative estimate of drug-likeness (QED) is 0.896. The fourth-order valence-corrected chi connectivity index (χ4v) is 2.67. The summed E-state index contributed by atoms with van der Waals surface area (Å²) in [6, 6.07) is 10.1. The van der Waals surface area contributed by atoms with Crippen LogP contribution in [0.3, 0.4) is 0 Å². The highest BCUT2D eigenvalue weighted by Gasteiger charge is 2.16. The summed E-state index contributed by atoms with van der Waals surface area (Å²) in [5.74, 6) is -0.0394. The number of carbonyl (C=O) groups is 1. The largest absolute Gasteiger partial charge is 0.350 e. The molecule has 0 aliphatic carbocycles. The van der Waals surface area contributed by atoms with Crippen molar-refractivity contribution in [1.82, 2.24) is 15.6 Å². The molecular formula is C16H19N3O. The maximum absolute atomic E-state index is 12.3. The van der Waals surface area contributed by atoms with E-state index in [1.54, 1.807) is 0 Å². The first-order chi connectivity index (χ1) is 9.74. The number of carbonyl (C=O) groups excluding carboxylic acids is 1. The number of para-hydroxylation sites is 1. The Hall–Kier alpha value is -1.94. The number of nitrogens with one attached hydrogen (secondary N) is 2. The van der Waals surface area contributed by atoms with E-state index in [0.717, 1.165) is 29.6 Å². The first-order valence-electron chi connectivity index (χ1n) is 7.12. The summed E-state index contributed by atoms with van der Waals surface area (Å²) in [5, 5.41) is 7.39. The molecule has 2 N–H and O–H groups in total. The molecule has 1 saturated heterocycles. The van der Waals surface area contributed by atoms with Gasteiger partial charge in [-0.25, -0.2) is 0 Å². The van der Waals surface area contributed by atoms with Gasteiger partial charge in [-0.05, 0) is 38.4 Å². The van der Waals surface area contributed by atoms with Gasteiger partial charge in [0, 0.05) is 23.7 Å². The van der Waals surface area contributed by atoms with Crippen molar-refractivity contribution in [2.75, 3.05) is 13.1 Å². The lowest BCUT2D eigenvalue weighted by atomic mass is 10.1. The normalized spacial score (nSPS) is 18.4. The predicted octanol–water partition coefficient (Wildman–Crippen LogP) is 2.03. The third-order valence-corrected chi connectivity index (χ3v) is 3.78. The van der Waals surface area contributed by atoms with Crippen LogP contribution < -0.4 is 10.6 Å². The lowest BCUT2D eigenvalue weighted by molar-refractivity contribution is 0.0952. The van der Waals surface area contributed by atoms with Crippen LogP contribution in [-0.4, -0.2) is 30.0 Å². The average molecular weight is 269 g/mol. The van der Waals surface area contributed by atoms with Gasteiger partial charge in [-0.3, -0.25) is 9.78 Å². The summed E-state index contributed by atoms with van der Waals surface area (Å²) in [6.45, 7) is 3.67. The molecule has 20 heavy (non-hydrogen) atoms. The number of hydrogen-bond acceptors (Lipinski definition) is 3. The van der Waals surface area contributed by atoms with Crippen molar-refractivity contribution >= 4 is 16.8 Å². The molecule has 1 aromatic carbocycles. The van der Waals surface area contributed by atoms with Crippen molar-refractivity contribution < 1.29 is 4.79 Å². The molecule has 2 aromatic rings. The Balaban J connectivity index is 1.81. The summed E-state index contributed by atoms with van der Waals surface area (Å²) in [4.78, 5) is 16.8. The molecule has 3 rings (SSSR count). The van der Waals surface area contributed by atoms with Crippen molar-refractivity contribution in [2.45, 2.75) is 25.8 Å². The lowest BCUT2D eigenvalue weighted by Crippen LogP contribution is -2.37. The molecule has 0 bridgehead atoms. The zero-order chi connectivity index (χ0) is 13.9. The van der Waals surface area contributed by atoms with Gasteiger partial charge in [-0.15, -0.1) is 0 Å². The molecule has 4 nitrogen and oxygen atoms in total. The second kappa shape index (κ2) is 5.59. The number of rotatable bonds is 3. The maximum atomic E-state index is 12.3. The van der Waals surface area contributed by atoms with Crippen molar-refractivity contribution in [3.8, 4) is 0 Å². The molecular weight excluding hydrogens is 250 g/mol. The highest BCUT2D eigenvalue weighted by atomic mass is 16.1. The summed E-state index contributed by atoms with van der Waals surface area (Å²) >= 11 is 0. The van der Waals surface area contributed by atoms with Gasteiger partial charge in [-0.1, -0.05) is 18.2 Å². The van der Waals surface area contributed by atoms with Gasteiger partial charge in [0.2, 0.25) is 0 Å². The molecule has 2 heterocycles. The first kappa shape index (κ1) is 13.1. The number of benzene rings is 1. The molecule has 0 saturated carbocycles. The number of aryl methyl sites for hydroxylation is 1. The SMILES string of the molecule is Cc1ccc2cccc(C(=O)NCC3CCCN3)c2n1. The topological polar surface area (TPSA) is 54.0 Å². The van der Waals surface area contributed by atoms with E-state index in [1.165, 1.54) is 6.42 Å². The zero-order valence-electron chi connectivity index (χ0n) is 11.6. The molecule has 1 aliphatic rings. The van der Waals surface area contributed by atoms with Crippen molar-refractivity contribution in [1.29, 1.82) is 0 Å². The van der Waals surface area contributed by atoms with Crippen molar-refractivity contribution in [3.63, 3.8) is 0 Å². The van der Waals surface area contributed by atoms with E-state index in [2.05, 4.69) is 15.6 Å². The van der Waals surface area contributed by atoms with Crippen LogP contribution >= 0.6 is 0 Å². The van der Waals surface area contributed by atoms with Gasteiger partial charge in [0.05, 0.1) is 11.1 Å². The van der Waals surface area contributed by atoms with Crippen LogP contribution in [0.2, 0.25) is 0 Å². The number of pyridine rings is 1. The van der Waals surface area contributed by atoms with E-state index in [9.17, 15) is 4.79 Å². The molecule has 0 spiro atoms. The highest BCUT2D eigenvalue weighted by Crippen LogP contribution is 2.17. The number of hydrogen-bond donors (Lipinski definition) is 2. The summed E-state index contributed by atoms with van der Waals surface area (Å²) in [6.07, 6.45) is 2.32. The number of nitrogens with zero attached hydrogens (tertiary/aromatic N) is 1. The molecule has 1 atom stereocenters. The van der Waals surface area contributed by atoms with Crippen LogP contribution in [0.5, 0.6) is 0 Å². The Morgan fingerprint density at radius 1 is 1.40 bits per heavy atom. The maximum Gasteiger partial charge on any atom is 0.253 e. The Labute approximate surface area is 118 Å². The summed E-state index contributed by atoms with van der Waals surface area (Å²) in [5.41, 5.74) is 2.36. The van der Waals surface area contributed by atoms with Gasteiger partial charge in [0.15, 0.2) is 0 Å². The van der Waals surface area contributed by atoms with Gasteiger partial charge >= 0.3 is 0 Å². The van der Waals surface area contributed by atoms with E-state index >= 15 is 0 Å². The summed E-state index contributed by atoms with van der Waals surface area (Å²) < 4.78 is 0. The third kappa shape index (κ3) is 2.65. The van der Waals surface area contributed by atoms with Crippen LogP contribution in [0.25, 0.3) is 10.9 Å². The number of fused-ring (bicyclic) bond motifs is 1. The van der Waals surface area contributed by atoms with Gasteiger partial charge in [0.25, 0.3) is 5.91 Å². The fraction of sp³-hybridized carbons (Fsp3) is 0.375. The Morgan fingerprint density at radius 2 is 2.30 bits per heavy atom. The first-order valence-corrected chi connectivity index (χ1v) is 7.12. The molecule has 1 aliphatic heterocycles. The van der Waals surface area contributed by atoms with E-state index < -0.39 is 0 Å². The fourth-order valence-electron chi connectivity index (χ4n) is 2.67. The number of amides is 1. The third-order valence-electron chi connectivity index (χ3n) is 3.78. The van der Waals surface area contributed by atoms with E-state index in [0.29, 0.717) is 18.2 Å². The van der Waals surface area contributed by atoms with Crippen LogP contribution in [0.4, 0.5) is 0 Å². The van der Waals surface area contributed by atoms with E-state index in [1.807, 2.05) is 37.3 Å². The average Bonchev–Trinajstić information content (AvgIpc) is 2.97. The zero-order valence-corrected chi connectivity index (χ0v) is 11.6. The smallest absolute Gasteiger partial charge is 0.253 e. The standard InChI is InChI=1S/C16H19N3O/c1-11-7-8-12-4-2-6-14(15(12)19-11)16(20)18-10-13-5-3-9-17-13/h2,4,6-8,13,17H,3,5,9-10H2,1H3,(H,18,20). The van der Waals surface area contributed by atoms with Gasteiger partial charge in [-0.2, -0.15) is 0 Å². The van der Waals surface area contributed by atoms with E-state index in [4.69, 9.17) is 0 Å². The number of aromatic nitrogens is 1. The van der Waals surface area contributed by atoms with Crippen LogP contribution in [0.15, 0.2) is 30.3 Å².